The molecular formula is C25H22ClN5O. The Morgan fingerprint density at radius 2 is 1.97 bits per heavy atom. The average Bonchev–Trinajstić information content (AvgIpc) is 3.51. The molecule has 1 aliphatic heterocycles. The van der Waals surface area contributed by atoms with Crippen LogP contribution in [-0.2, 0) is 6.54 Å². The molecule has 1 saturated heterocycles. The molecule has 1 atom stereocenters. The van der Waals surface area contributed by atoms with Crippen molar-refractivity contribution < 1.29 is 4.79 Å². The summed E-state index contributed by atoms with van der Waals surface area (Å²) < 4.78 is 1.83. The molecule has 2 aromatic heterocycles. The van der Waals surface area contributed by atoms with Crippen molar-refractivity contribution in [2.75, 3.05) is 6.54 Å². The maximum atomic E-state index is 13.6. The lowest BCUT2D eigenvalue weighted by molar-refractivity contribution is 0.0731. The van der Waals surface area contributed by atoms with Crippen LogP contribution in [0.3, 0.4) is 0 Å². The molecule has 7 heteroatoms. The number of carbonyl (C=O) groups is 1. The Hall–Kier alpha value is -3.51. The van der Waals surface area contributed by atoms with Gasteiger partial charge in [-0.15, -0.1) is 0 Å². The third kappa shape index (κ3) is 4.14. The molecule has 32 heavy (non-hydrogen) atoms. The zero-order valence-corrected chi connectivity index (χ0v) is 18.2. The predicted molar refractivity (Wildman–Crippen MR) is 123 cm³/mol. The summed E-state index contributed by atoms with van der Waals surface area (Å²) in [6.07, 6.45) is 7.21. The second kappa shape index (κ2) is 8.93. The van der Waals surface area contributed by atoms with Crippen LogP contribution in [0.1, 0.15) is 40.5 Å². The first-order valence-electron chi connectivity index (χ1n) is 10.6. The molecule has 0 bridgehead atoms. The van der Waals surface area contributed by atoms with E-state index in [-0.39, 0.29) is 11.9 Å². The Bertz CT molecular complexity index is 1240. The normalized spacial score (nSPS) is 15.8. The maximum Gasteiger partial charge on any atom is 0.254 e. The smallest absolute Gasteiger partial charge is 0.254 e. The van der Waals surface area contributed by atoms with Crippen molar-refractivity contribution >= 4 is 17.5 Å². The van der Waals surface area contributed by atoms with Gasteiger partial charge in [0.1, 0.15) is 0 Å². The highest BCUT2D eigenvalue weighted by atomic mass is 35.5. The second-order valence-corrected chi connectivity index (χ2v) is 8.27. The van der Waals surface area contributed by atoms with Gasteiger partial charge in [-0.1, -0.05) is 41.9 Å². The van der Waals surface area contributed by atoms with Gasteiger partial charge in [-0.2, -0.15) is 5.10 Å². The quantitative estimate of drug-likeness (QED) is 0.434. The second-order valence-electron chi connectivity index (χ2n) is 7.83. The first kappa shape index (κ1) is 20.4. The highest BCUT2D eigenvalue weighted by molar-refractivity contribution is 6.30. The molecule has 1 unspecified atom stereocenters. The molecule has 0 radical (unpaired) electrons. The molecule has 0 spiro atoms. The Labute approximate surface area is 191 Å². The number of benzene rings is 2. The van der Waals surface area contributed by atoms with E-state index >= 15 is 0 Å². The van der Waals surface area contributed by atoms with Crippen molar-refractivity contribution in [2.45, 2.75) is 25.4 Å². The van der Waals surface area contributed by atoms with Gasteiger partial charge in [-0.3, -0.25) is 9.48 Å². The summed E-state index contributed by atoms with van der Waals surface area (Å²) >= 11 is 6.15. The van der Waals surface area contributed by atoms with Crippen LogP contribution in [0.15, 0.2) is 79.3 Å². The number of nitrogens with zero attached hydrogens (tertiary/aromatic N) is 5. The third-order valence-electron chi connectivity index (χ3n) is 5.75. The highest BCUT2D eigenvalue weighted by Crippen LogP contribution is 2.33. The molecule has 1 fully saturated rings. The number of carbonyl (C=O) groups excluding carboxylic acids is 1. The Kier molecular flexibility index (Phi) is 5.69. The Morgan fingerprint density at radius 3 is 2.81 bits per heavy atom. The topological polar surface area (TPSA) is 63.9 Å². The van der Waals surface area contributed by atoms with Crippen LogP contribution < -0.4 is 0 Å². The van der Waals surface area contributed by atoms with E-state index in [0.717, 1.165) is 29.7 Å². The van der Waals surface area contributed by atoms with Crippen molar-refractivity contribution in [3.05, 3.63) is 101 Å². The lowest BCUT2D eigenvalue weighted by Crippen LogP contribution is -2.32. The molecule has 4 aromatic rings. The zero-order chi connectivity index (χ0) is 21.9. The van der Waals surface area contributed by atoms with Crippen molar-refractivity contribution in [1.82, 2.24) is 24.6 Å². The summed E-state index contributed by atoms with van der Waals surface area (Å²) in [5.74, 6) is 0.640. The molecule has 0 aliphatic carbocycles. The molecule has 0 saturated carbocycles. The van der Waals surface area contributed by atoms with Crippen molar-refractivity contribution in [2.24, 2.45) is 0 Å². The standard InChI is InChI=1S/C25H22ClN5O/c26-20-8-3-7-18(16-20)24-27-13-11-22(29-24)23-10-4-15-31(23)25(32)21-9-2-1-6-19(21)17-30-14-5-12-28-30/h1-3,5-9,11-14,16,23H,4,10,15,17H2. The van der Waals surface area contributed by atoms with Gasteiger partial charge in [0, 0.05) is 41.3 Å². The summed E-state index contributed by atoms with van der Waals surface area (Å²) in [4.78, 5) is 24.8. The molecular weight excluding hydrogens is 422 g/mol. The van der Waals surface area contributed by atoms with Gasteiger partial charge in [0.05, 0.1) is 18.3 Å². The summed E-state index contributed by atoms with van der Waals surface area (Å²) in [5, 5.41) is 4.92. The highest BCUT2D eigenvalue weighted by Gasteiger charge is 2.32. The largest absolute Gasteiger partial charge is 0.330 e. The molecule has 160 valence electrons. The van der Waals surface area contributed by atoms with E-state index in [1.54, 1.807) is 12.4 Å². The van der Waals surface area contributed by atoms with Crippen molar-refractivity contribution in [1.29, 1.82) is 0 Å². The van der Waals surface area contributed by atoms with E-state index in [0.29, 0.717) is 29.5 Å². The van der Waals surface area contributed by atoms with E-state index in [9.17, 15) is 4.79 Å². The van der Waals surface area contributed by atoms with Crippen LogP contribution >= 0.6 is 11.6 Å². The average molecular weight is 444 g/mol. The van der Waals surface area contributed by atoms with Gasteiger partial charge >= 0.3 is 0 Å². The number of hydrogen-bond donors (Lipinski definition) is 0. The van der Waals surface area contributed by atoms with E-state index in [1.165, 1.54) is 0 Å². The molecule has 0 N–H and O–H groups in total. The summed E-state index contributed by atoms with van der Waals surface area (Å²) in [6.45, 7) is 1.26. The minimum absolute atomic E-state index is 0.0261. The summed E-state index contributed by atoms with van der Waals surface area (Å²) in [6, 6.07) is 19.0. The van der Waals surface area contributed by atoms with Gasteiger partial charge in [0.25, 0.3) is 5.91 Å². The number of halogens is 1. The number of aromatic nitrogens is 4. The van der Waals surface area contributed by atoms with Crippen LogP contribution in [0.25, 0.3) is 11.4 Å². The van der Waals surface area contributed by atoms with Gasteiger partial charge < -0.3 is 4.90 Å². The lowest BCUT2D eigenvalue weighted by Gasteiger charge is -2.25. The van der Waals surface area contributed by atoms with Crippen LogP contribution in [-0.4, -0.2) is 37.1 Å². The van der Waals surface area contributed by atoms with E-state index in [2.05, 4.69) is 10.1 Å². The summed E-state index contributed by atoms with van der Waals surface area (Å²) in [7, 11) is 0. The number of rotatable bonds is 5. The molecule has 6 nitrogen and oxygen atoms in total. The molecule has 3 heterocycles. The van der Waals surface area contributed by atoms with E-state index < -0.39 is 0 Å². The molecule has 5 rings (SSSR count). The van der Waals surface area contributed by atoms with Crippen LogP contribution in [0, 0.1) is 0 Å². The monoisotopic (exact) mass is 443 g/mol. The fraction of sp³-hybridized carbons (Fsp3) is 0.200. The molecule has 1 aliphatic rings. The van der Waals surface area contributed by atoms with Crippen molar-refractivity contribution in [3.8, 4) is 11.4 Å². The SMILES string of the molecule is O=C(c1ccccc1Cn1cccn1)N1CCCC1c1ccnc(-c2cccc(Cl)c2)n1. The van der Waals surface area contributed by atoms with Crippen molar-refractivity contribution in [3.63, 3.8) is 0 Å². The number of likely N-dealkylation sites (tertiary alicyclic amines) is 1. The summed E-state index contributed by atoms with van der Waals surface area (Å²) in [5.41, 5.74) is 3.37. The van der Waals surface area contributed by atoms with Gasteiger partial charge in [-0.25, -0.2) is 9.97 Å². The number of amides is 1. The first-order valence-corrected chi connectivity index (χ1v) is 11.0. The zero-order valence-electron chi connectivity index (χ0n) is 17.4. The Balaban J connectivity index is 1.44. The first-order chi connectivity index (χ1) is 15.7. The van der Waals surface area contributed by atoms with E-state index in [1.807, 2.05) is 76.4 Å². The molecule has 2 aromatic carbocycles. The van der Waals surface area contributed by atoms with E-state index in [4.69, 9.17) is 16.6 Å². The Morgan fingerprint density at radius 1 is 1.06 bits per heavy atom. The van der Waals surface area contributed by atoms with Crippen LogP contribution in [0.4, 0.5) is 0 Å². The predicted octanol–water partition coefficient (Wildman–Crippen LogP) is 5.02. The van der Waals surface area contributed by atoms with Gasteiger partial charge in [-0.05, 0) is 48.7 Å². The fourth-order valence-corrected chi connectivity index (χ4v) is 4.42. The van der Waals surface area contributed by atoms with Gasteiger partial charge in [0.2, 0.25) is 0 Å². The van der Waals surface area contributed by atoms with Crippen LogP contribution in [0.5, 0.6) is 0 Å². The maximum absolute atomic E-state index is 13.6. The lowest BCUT2D eigenvalue weighted by atomic mass is 10.0. The fourth-order valence-electron chi connectivity index (χ4n) is 4.23. The minimum atomic E-state index is -0.0822. The third-order valence-corrected chi connectivity index (χ3v) is 5.99. The minimum Gasteiger partial charge on any atom is -0.330 e. The molecule has 1 amide bonds. The van der Waals surface area contributed by atoms with Gasteiger partial charge in [0.15, 0.2) is 5.82 Å². The van der Waals surface area contributed by atoms with Crippen LogP contribution in [0.2, 0.25) is 5.02 Å². The number of hydrogen-bond acceptors (Lipinski definition) is 4.